The summed E-state index contributed by atoms with van der Waals surface area (Å²) in [6, 6.07) is 14.5. The Morgan fingerprint density at radius 3 is 2.50 bits per heavy atom. The van der Waals surface area contributed by atoms with Crippen molar-refractivity contribution in [3.63, 3.8) is 0 Å². The minimum Gasteiger partial charge on any atom is -0.331 e. The Morgan fingerprint density at radius 1 is 1.14 bits per heavy atom. The fraction of sp³-hybridized carbons (Fsp3) is 0.455. The van der Waals surface area contributed by atoms with Gasteiger partial charge in [-0.25, -0.2) is 9.78 Å². The van der Waals surface area contributed by atoms with Gasteiger partial charge in [0.2, 0.25) is 0 Å². The molecule has 1 saturated heterocycles. The number of halogens is 1. The normalized spacial score (nSPS) is 27.4. The lowest BCUT2D eigenvalue weighted by atomic mass is 9.69. The molecule has 1 aliphatic carbocycles. The second-order valence-electron chi connectivity index (χ2n) is 8.35. The second-order valence-corrected chi connectivity index (χ2v) is 8.73. The Morgan fingerprint density at radius 2 is 1.86 bits per heavy atom. The van der Waals surface area contributed by atoms with E-state index in [1.807, 2.05) is 17.0 Å². The summed E-state index contributed by atoms with van der Waals surface area (Å²) in [5, 5.41) is 3.76. The van der Waals surface area contributed by atoms with Gasteiger partial charge in [-0.3, -0.25) is 4.90 Å². The number of pyridine rings is 1. The lowest BCUT2D eigenvalue weighted by Crippen LogP contribution is -2.54. The zero-order valence-electron chi connectivity index (χ0n) is 16.5. The molecule has 28 heavy (non-hydrogen) atoms. The average Bonchev–Trinajstić information content (AvgIpc) is 2.98. The van der Waals surface area contributed by atoms with Gasteiger partial charge in [-0.2, -0.15) is 0 Å². The topological polar surface area (TPSA) is 48.5 Å². The van der Waals surface area contributed by atoms with Gasteiger partial charge in [-0.15, -0.1) is 0 Å². The maximum Gasteiger partial charge on any atom is 0.318 e. The molecule has 1 aliphatic heterocycles. The molecule has 1 spiro atoms. The van der Waals surface area contributed by atoms with Crippen LogP contribution in [0.5, 0.6) is 0 Å². The molecule has 2 fully saturated rings. The van der Waals surface area contributed by atoms with Gasteiger partial charge in [0.1, 0.15) is 5.15 Å². The van der Waals surface area contributed by atoms with Gasteiger partial charge in [-0.1, -0.05) is 41.9 Å². The van der Waals surface area contributed by atoms with E-state index < -0.39 is 0 Å². The van der Waals surface area contributed by atoms with Crippen LogP contribution < -0.4 is 5.32 Å². The number of rotatable bonds is 4. The van der Waals surface area contributed by atoms with Crippen LogP contribution in [0.15, 0.2) is 48.7 Å². The van der Waals surface area contributed by atoms with Gasteiger partial charge in [0.15, 0.2) is 0 Å². The van der Waals surface area contributed by atoms with E-state index in [0.717, 1.165) is 37.8 Å². The predicted molar refractivity (Wildman–Crippen MR) is 111 cm³/mol. The number of carbonyl (C=O) groups excluding carboxylic acids is 1. The molecule has 1 aromatic carbocycles. The van der Waals surface area contributed by atoms with Crippen LogP contribution in [0.2, 0.25) is 5.15 Å². The highest BCUT2D eigenvalue weighted by Gasteiger charge is 2.49. The Hall–Kier alpha value is -2.11. The molecule has 0 atom stereocenters. The highest BCUT2D eigenvalue weighted by atomic mass is 35.5. The van der Waals surface area contributed by atoms with Crippen LogP contribution in [0.1, 0.15) is 36.8 Å². The van der Waals surface area contributed by atoms with Gasteiger partial charge in [0.25, 0.3) is 0 Å². The summed E-state index contributed by atoms with van der Waals surface area (Å²) in [7, 11) is 4.33. The van der Waals surface area contributed by atoms with E-state index in [1.165, 1.54) is 5.56 Å². The summed E-state index contributed by atoms with van der Waals surface area (Å²) in [6.07, 6.45) is 5.69. The van der Waals surface area contributed by atoms with E-state index >= 15 is 0 Å². The number of amides is 2. The van der Waals surface area contributed by atoms with Crippen LogP contribution in [0.25, 0.3) is 0 Å². The number of carbonyl (C=O) groups is 1. The number of hydrogen-bond donors (Lipinski definition) is 1. The molecule has 0 bridgehead atoms. The smallest absolute Gasteiger partial charge is 0.318 e. The van der Waals surface area contributed by atoms with Crippen molar-refractivity contribution in [1.29, 1.82) is 0 Å². The SMILES string of the molecule is CN(C)[C@]1(c2ccccc2)CC[C@]2(CC1)CN(Cc1ccnc(Cl)c1)C(=O)N2. The van der Waals surface area contributed by atoms with E-state index in [9.17, 15) is 4.79 Å². The third kappa shape index (κ3) is 3.49. The van der Waals surface area contributed by atoms with Crippen molar-refractivity contribution in [2.24, 2.45) is 0 Å². The monoisotopic (exact) mass is 398 g/mol. The summed E-state index contributed by atoms with van der Waals surface area (Å²) in [6.45, 7) is 1.30. The second kappa shape index (κ2) is 7.37. The molecule has 2 aromatic rings. The Bertz CT molecular complexity index is 847. The number of benzene rings is 1. The van der Waals surface area contributed by atoms with E-state index in [0.29, 0.717) is 11.7 Å². The quantitative estimate of drug-likeness (QED) is 0.791. The van der Waals surface area contributed by atoms with Gasteiger partial charge < -0.3 is 10.2 Å². The Kier molecular flexibility index (Phi) is 5.06. The molecule has 1 saturated carbocycles. The lowest BCUT2D eigenvalue weighted by Gasteiger charge is -2.48. The van der Waals surface area contributed by atoms with Crippen LogP contribution in [-0.2, 0) is 12.1 Å². The third-order valence-electron chi connectivity index (χ3n) is 6.52. The van der Waals surface area contributed by atoms with Crippen molar-refractivity contribution in [2.75, 3.05) is 20.6 Å². The molecule has 0 unspecified atom stereocenters. The average molecular weight is 399 g/mol. The first-order valence-corrected chi connectivity index (χ1v) is 10.2. The first-order chi connectivity index (χ1) is 13.4. The van der Waals surface area contributed by atoms with Crippen LogP contribution in [0.3, 0.4) is 0 Å². The number of nitrogens with zero attached hydrogens (tertiary/aromatic N) is 3. The maximum atomic E-state index is 12.7. The molecule has 4 rings (SSSR count). The van der Waals surface area contributed by atoms with Crippen molar-refractivity contribution in [1.82, 2.24) is 20.1 Å². The van der Waals surface area contributed by atoms with Gasteiger partial charge in [0.05, 0.1) is 5.54 Å². The minimum absolute atomic E-state index is 0.0185. The van der Waals surface area contributed by atoms with Crippen molar-refractivity contribution in [3.8, 4) is 0 Å². The van der Waals surface area contributed by atoms with Crippen LogP contribution >= 0.6 is 11.6 Å². The summed E-state index contributed by atoms with van der Waals surface area (Å²) >= 11 is 5.99. The summed E-state index contributed by atoms with van der Waals surface area (Å²) in [4.78, 5) is 20.9. The largest absolute Gasteiger partial charge is 0.331 e. The molecule has 2 amide bonds. The Labute approximate surface area is 171 Å². The van der Waals surface area contributed by atoms with Gasteiger partial charge >= 0.3 is 6.03 Å². The van der Waals surface area contributed by atoms with E-state index in [2.05, 4.69) is 59.6 Å². The van der Waals surface area contributed by atoms with Crippen molar-refractivity contribution >= 4 is 17.6 Å². The first-order valence-electron chi connectivity index (χ1n) is 9.83. The van der Waals surface area contributed by atoms with Crippen molar-refractivity contribution in [2.45, 2.75) is 43.3 Å². The summed E-state index contributed by atoms with van der Waals surface area (Å²) in [5.41, 5.74) is 2.27. The highest BCUT2D eigenvalue weighted by Crippen LogP contribution is 2.46. The number of hydrogen-bond acceptors (Lipinski definition) is 3. The predicted octanol–water partition coefficient (Wildman–Crippen LogP) is 4.03. The lowest BCUT2D eigenvalue weighted by molar-refractivity contribution is 0.0617. The highest BCUT2D eigenvalue weighted by molar-refractivity contribution is 6.29. The molecule has 0 radical (unpaired) electrons. The molecule has 2 aliphatic rings. The van der Waals surface area contributed by atoms with Crippen LogP contribution in [0, 0.1) is 0 Å². The summed E-state index contributed by atoms with van der Waals surface area (Å²) in [5.74, 6) is 0. The molecule has 2 heterocycles. The zero-order chi connectivity index (χ0) is 19.8. The van der Waals surface area contributed by atoms with Gasteiger partial charge in [0, 0.05) is 24.8 Å². The molecule has 148 valence electrons. The molecular weight excluding hydrogens is 372 g/mol. The third-order valence-corrected chi connectivity index (χ3v) is 6.73. The number of aromatic nitrogens is 1. The standard InChI is InChI=1S/C22H27ClN4O/c1-26(2)22(18-6-4-3-5-7-18)11-9-21(10-12-22)16-27(20(28)25-21)15-17-8-13-24-19(23)14-17/h3-8,13-14H,9-12,15-16H2,1-2H3,(H,25,28)/t21-,22+. The molecular formula is C22H27ClN4O. The fourth-order valence-electron chi connectivity index (χ4n) is 4.84. The molecule has 1 aromatic heterocycles. The molecule has 6 heteroatoms. The molecule has 1 N–H and O–H groups in total. The minimum atomic E-state index is -0.137. The van der Waals surface area contributed by atoms with Gasteiger partial charge in [-0.05, 0) is 63.0 Å². The number of urea groups is 1. The van der Waals surface area contributed by atoms with Crippen molar-refractivity contribution < 1.29 is 4.79 Å². The van der Waals surface area contributed by atoms with Crippen LogP contribution in [0.4, 0.5) is 4.79 Å². The first kappa shape index (κ1) is 19.2. The maximum absolute atomic E-state index is 12.7. The number of nitrogens with one attached hydrogen (secondary N) is 1. The Balaban J connectivity index is 1.49. The van der Waals surface area contributed by atoms with E-state index in [1.54, 1.807) is 6.20 Å². The van der Waals surface area contributed by atoms with Crippen LogP contribution in [-0.4, -0.2) is 47.0 Å². The van der Waals surface area contributed by atoms with E-state index in [-0.39, 0.29) is 17.1 Å². The summed E-state index contributed by atoms with van der Waals surface area (Å²) < 4.78 is 0. The van der Waals surface area contributed by atoms with E-state index in [4.69, 9.17) is 11.6 Å². The zero-order valence-corrected chi connectivity index (χ0v) is 17.2. The molecule has 5 nitrogen and oxygen atoms in total. The fourth-order valence-corrected chi connectivity index (χ4v) is 5.04. The van der Waals surface area contributed by atoms with Crippen molar-refractivity contribution in [3.05, 3.63) is 64.9 Å².